The van der Waals surface area contributed by atoms with Crippen LogP contribution in [0.4, 0.5) is 8.78 Å². The van der Waals surface area contributed by atoms with E-state index < -0.39 is 23.0 Å². The Balaban J connectivity index is 2.15. The quantitative estimate of drug-likeness (QED) is 0.807. The smallest absolute Gasteiger partial charge is 0.251 e. The molecule has 0 spiro atoms. The molecule has 2 rings (SSSR count). The van der Waals surface area contributed by atoms with Crippen molar-refractivity contribution in [2.24, 2.45) is 0 Å². The summed E-state index contributed by atoms with van der Waals surface area (Å²) in [6.07, 6.45) is -0.412. The van der Waals surface area contributed by atoms with E-state index >= 15 is 0 Å². The normalized spacial score (nSPS) is 15.8. The number of halogens is 2. The molecule has 0 saturated heterocycles. The first kappa shape index (κ1) is 15.3. The molecule has 20 heavy (non-hydrogen) atoms. The molecule has 1 aliphatic rings. The minimum atomic E-state index is -3.89. The second-order valence-corrected chi connectivity index (χ2v) is 6.67. The van der Waals surface area contributed by atoms with Gasteiger partial charge >= 0.3 is 0 Å². The molecule has 0 heterocycles. The van der Waals surface area contributed by atoms with Crippen molar-refractivity contribution in [3.05, 3.63) is 29.3 Å². The summed E-state index contributed by atoms with van der Waals surface area (Å²) in [7, 11) is -3.89. The minimum absolute atomic E-state index is 0.0632. The van der Waals surface area contributed by atoms with Crippen LogP contribution in [0.2, 0.25) is 0 Å². The molecular formula is C13H18F2N2O2S. The van der Waals surface area contributed by atoms with Crippen LogP contribution >= 0.6 is 0 Å². The summed E-state index contributed by atoms with van der Waals surface area (Å²) in [5.74, 6) is 0. The number of nitrogens with one attached hydrogen (secondary N) is 2. The molecule has 0 bridgehead atoms. The van der Waals surface area contributed by atoms with Gasteiger partial charge in [0, 0.05) is 12.6 Å². The van der Waals surface area contributed by atoms with E-state index in [2.05, 4.69) is 5.32 Å². The SMILES string of the molecule is Cc1c(CNC2CC2)cccc1S(=O)(=O)NCC(F)F. The zero-order chi connectivity index (χ0) is 14.8. The standard InChI is InChI=1S/C13H18F2N2O2S/c1-9-10(7-16-11-5-6-11)3-2-4-12(9)20(18,19)17-8-13(14)15/h2-4,11,13,16-17H,5-8H2,1H3. The first-order valence-corrected chi connectivity index (χ1v) is 7.98. The van der Waals surface area contributed by atoms with Crippen molar-refractivity contribution in [2.75, 3.05) is 6.54 Å². The van der Waals surface area contributed by atoms with E-state index in [0.717, 1.165) is 18.4 Å². The summed E-state index contributed by atoms with van der Waals surface area (Å²) in [4.78, 5) is 0.0632. The van der Waals surface area contributed by atoms with Gasteiger partial charge in [-0.05, 0) is 37.0 Å². The fourth-order valence-electron chi connectivity index (χ4n) is 1.93. The lowest BCUT2D eigenvalue weighted by Crippen LogP contribution is -2.29. The molecule has 0 radical (unpaired) electrons. The molecule has 0 unspecified atom stereocenters. The highest BCUT2D eigenvalue weighted by Gasteiger charge is 2.22. The zero-order valence-corrected chi connectivity index (χ0v) is 12.0. The summed E-state index contributed by atoms with van der Waals surface area (Å²) in [5, 5.41) is 3.31. The number of rotatable bonds is 7. The summed E-state index contributed by atoms with van der Waals surface area (Å²) in [6.45, 7) is 1.42. The molecule has 1 aromatic rings. The largest absolute Gasteiger partial charge is 0.310 e. The second kappa shape index (κ2) is 6.15. The van der Waals surface area contributed by atoms with Gasteiger partial charge < -0.3 is 5.32 Å². The number of sulfonamides is 1. The van der Waals surface area contributed by atoms with Crippen molar-refractivity contribution in [1.29, 1.82) is 0 Å². The average molecular weight is 304 g/mol. The monoisotopic (exact) mass is 304 g/mol. The number of benzene rings is 1. The second-order valence-electron chi connectivity index (χ2n) is 4.94. The molecule has 0 aliphatic heterocycles. The highest BCUT2D eigenvalue weighted by molar-refractivity contribution is 7.89. The zero-order valence-electron chi connectivity index (χ0n) is 11.2. The van der Waals surface area contributed by atoms with E-state index in [-0.39, 0.29) is 4.90 Å². The van der Waals surface area contributed by atoms with E-state index in [4.69, 9.17) is 0 Å². The Morgan fingerprint density at radius 1 is 1.35 bits per heavy atom. The Labute approximate surface area is 117 Å². The lowest BCUT2D eigenvalue weighted by molar-refractivity contribution is 0.153. The van der Waals surface area contributed by atoms with E-state index in [9.17, 15) is 17.2 Å². The van der Waals surface area contributed by atoms with Crippen molar-refractivity contribution < 1.29 is 17.2 Å². The van der Waals surface area contributed by atoms with Gasteiger partial charge in [0.1, 0.15) is 0 Å². The van der Waals surface area contributed by atoms with Gasteiger partial charge in [-0.25, -0.2) is 21.9 Å². The predicted octanol–water partition coefficient (Wildman–Crippen LogP) is 1.79. The summed E-state index contributed by atoms with van der Waals surface area (Å²) in [6, 6.07) is 5.43. The van der Waals surface area contributed by atoms with E-state index in [1.165, 1.54) is 6.07 Å². The first-order chi connectivity index (χ1) is 9.40. The summed E-state index contributed by atoms with van der Waals surface area (Å²) in [5.41, 5.74) is 1.47. The van der Waals surface area contributed by atoms with Crippen molar-refractivity contribution in [3.8, 4) is 0 Å². The van der Waals surface area contributed by atoms with E-state index in [0.29, 0.717) is 18.2 Å². The molecule has 0 aromatic heterocycles. The summed E-state index contributed by atoms with van der Waals surface area (Å²) < 4.78 is 50.2. The predicted molar refractivity (Wildman–Crippen MR) is 72.2 cm³/mol. The van der Waals surface area contributed by atoms with Crippen LogP contribution in [0.25, 0.3) is 0 Å². The van der Waals surface area contributed by atoms with E-state index in [1.54, 1.807) is 13.0 Å². The van der Waals surface area contributed by atoms with Gasteiger partial charge in [-0.1, -0.05) is 12.1 Å². The maximum atomic E-state index is 12.1. The van der Waals surface area contributed by atoms with Gasteiger partial charge in [0.2, 0.25) is 10.0 Å². The maximum Gasteiger partial charge on any atom is 0.251 e. The van der Waals surface area contributed by atoms with Gasteiger partial charge in [-0.2, -0.15) is 0 Å². The number of alkyl halides is 2. The van der Waals surface area contributed by atoms with Crippen molar-refractivity contribution in [1.82, 2.24) is 10.0 Å². The molecule has 1 fully saturated rings. The van der Waals surface area contributed by atoms with Crippen LogP contribution in [0, 0.1) is 6.92 Å². The molecular weight excluding hydrogens is 286 g/mol. The van der Waals surface area contributed by atoms with Crippen molar-refractivity contribution >= 4 is 10.0 Å². The van der Waals surface area contributed by atoms with Crippen molar-refractivity contribution in [2.45, 2.75) is 43.7 Å². The molecule has 0 atom stereocenters. The Hall–Kier alpha value is -1.05. The molecule has 112 valence electrons. The molecule has 2 N–H and O–H groups in total. The fourth-order valence-corrected chi connectivity index (χ4v) is 3.23. The summed E-state index contributed by atoms with van der Waals surface area (Å²) >= 11 is 0. The van der Waals surface area contributed by atoms with Crippen LogP contribution in [0.3, 0.4) is 0 Å². The molecule has 0 amide bonds. The average Bonchev–Trinajstić information content (AvgIpc) is 3.19. The van der Waals surface area contributed by atoms with Gasteiger partial charge in [0.15, 0.2) is 0 Å². The Morgan fingerprint density at radius 2 is 2.05 bits per heavy atom. The molecule has 1 aliphatic carbocycles. The Kier molecular flexibility index (Phi) is 4.72. The Bertz CT molecular complexity index is 572. The molecule has 1 saturated carbocycles. The van der Waals surface area contributed by atoms with Gasteiger partial charge in [0.05, 0.1) is 11.4 Å². The number of hydrogen-bond acceptors (Lipinski definition) is 3. The first-order valence-electron chi connectivity index (χ1n) is 6.50. The van der Waals surface area contributed by atoms with Crippen LogP contribution in [-0.4, -0.2) is 27.4 Å². The molecule has 1 aromatic carbocycles. The van der Waals surface area contributed by atoms with Crippen LogP contribution in [0.5, 0.6) is 0 Å². The topological polar surface area (TPSA) is 58.2 Å². The lowest BCUT2D eigenvalue weighted by atomic mass is 10.1. The third kappa shape index (κ3) is 3.97. The highest BCUT2D eigenvalue weighted by atomic mass is 32.2. The third-order valence-electron chi connectivity index (χ3n) is 3.27. The van der Waals surface area contributed by atoms with E-state index in [1.807, 2.05) is 10.8 Å². The number of hydrogen-bond donors (Lipinski definition) is 2. The van der Waals surface area contributed by atoms with Crippen LogP contribution < -0.4 is 10.0 Å². The van der Waals surface area contributed by atoms with Gasteiger partial charge in [0.25, 0.3) is 6.43 Å². The van der Waals surface area contributed by atoms with Crippen molar-refractivity contribution in [3.63, 3.8) is 0 Å². The van der Waals surface area contributed by atoms with Gasteiger partial charge in [-0.15, -0.1) is 0 Å². The van der Waals surface area contributed by atoms with Crippen LogP contribution in [0.15, 0.2) is 23.1 Å². The fraction of sp³-hybridized carbons (Fsp3) is 0.538. The third-order valence-corrected chi connectivity index (χ3v) is 4.84. The molecule has 7 heteroatoms. The van der Waals surface area contributed by atoms with Crippen LogP contribution in [0.1, 0.15) is 24.0 Å². The molecule has 4 nitrogen and oxygen atoms in total. The Morgan fingerprint density at radius 3 is 2.65 bits per heavy atom. The highest BCUT2D eigenvalue weighted by Crippen LogP contribution is 2.22. The van der Waals surface area contributed by atoms with Gasteiger partial charge in [-0.3, -0.25) is 0 Å². The van der Waals surface area contributed by atoms with Crippen LogP contribution in [-0.2, 0) is 16.6 Å². The maximum absolute atomic E-state index is 12.1. The lowest BCUT2D eigenvalue weighted by Gasteiger charge is -2.13. The minimum Gasteiger partial charge on any atom is -0.310 e.